The van der Waals surface area contributed by atoms with Crippen LogP contribution in [-0.4, -0.2) is 13.4 Å². The Hall–Kier alpha value is -1.19. The van der Waals surface area contributed by atoms with Crippen molar-refractivity contribution in [3.8, 4) is 0 Å². The number of nitrogens with one attached hydrogen (secondary N) is 1. The Labute approximate surface area is 140 Å². The Kier molecular flexibility index (Phi) is 3.89. The average molecular weight is 430 g/mol. The minimum atomic E-state index is -3.60. The number of fused-ring (bicyclic) bond motifs is 1. The molecule has 0 saturated carbocycles. The van der Waals surface area contributed by atoms with Crippen LogP contribution in [0.1, 0.15) is 5.56 Å². The second kappa shape index (κ2) is 5.54. The maximum absolute atomic E-state index is 12.3. The zero-order valence-electron chi connectivity index (χ0n) is 11.0. The number of hydrogen-bond donors (Lipinski definition) is 1. The number of hydrogen-bond acceptors (Lipinski definition) is 4. The molecular formula is C14H11IN2O2S2. The van der Waals surface area contributed by atoms with E-state index in [0.29, 0.717) is 5.13 Å². The molecule has 1 aromatic heterocycles. The van der Waals surface area contributed by atoms with E-state index in [4.69, 9.17) is 0 Å². The molecule has 3 rings (SSSR count). The molecule has 0 unspecified atom stereocenters. The summed E-state index contributed by atoms with van der Waals surface area (Å²) in [6.45, 7) is 1.96. The Morgan fingerprint density at radius 1 is 1.14 bits per heavy atom. The minimum Gasteiger partial charge on any atom is -0.255 e. The highest BCUT2D eigenvalue weighted by molar-refractivity contribution is 14.1. The predicted octanol–water partition coefficient (Wildman–Crippen LogP) is 4.01. The van der Waals surface area contributed by atoms with E-state index in [0.717, 1.165) is 19.4 Å². The van der Waals surface area contributed by atoms with Crippen LogP contribution in [0.3, 0.4) is 0 Å². The van der Waals surface area contributed by atoms with E-state index in [1.54, 1.807) is 24.3 Å². The van der Waals surface area contributed by atoms with Crippen LogP contribution in [-0.2, 0) is 10.0 Å². The molecule has 3 aromatic rings. The molecular weight excluding hydrogens is 419 g/mol. The molecule has 7 heteroatoms. The van der Waals surface area contributed by atoms with Crippen LogP contribution in [0.15, 0.2) is 47.4 Å². The zero-order chi connectivity index (χ0) is 15.0. The maximum Gasteiger partial charge on any atom is 0.263 e. The van der Waals surface area contributed by atoms with Gasteiger partial charge >= 0.3 is 0 Å². The smallest absolute Gasteiger partial charge is 0.255 e. The molecule has 0 radical (unpaired) electrons. The largest absolute Gasteiger partial charge is 0.263 e. The molecule has 1 heterocycles. The Bertz CT molecular complexity index is 902. The highest BCUT2D eigenvalue weighted by atomic mass is 127. The van der Waals surface area contributed by atoms with Gasteiger partial charge in [-0.05, 0) is 65.4 Å². The van der Waals surface area contributed by atoms with Gasteiger partial charge in [-0.15, -0.1) is 0 Å². The molecule has 0 amide bonds. The van der Waals surface area contributed by atoms with Crippen LogP contribution in [0.2, 0.25) is 0 Å². The quantitative estimate of drug-likeness (QED) is 0.639. The molecule has 1 N–H and O–H groups in total. The van der Waals surface area contributed by atoms with Crippen LogP contribution < -0.4 is 4.72 Å². The van der Waals surface area contributed by atoms with Crippen molar-refractivity contribution in [1.29, 1.82) is 0 Å². The highest BCUT2D eigenvalue weighted by Crippen LogP contribution is 2.29. The Balaban J connectivity index is 1.97. The van der Waals surface area contributed by atoms with Crippen molar-refractivity contribution < 1.29 is 8.42 Å². The van der Waals surface area contributed by atoms with E-state index in [1.165, 1.54) is 11.3 Å². The number of aromatic nitrogens is 1. The van der Waals surface area contributed by atoms with Gasteiger partial charge in [-0.2, -0.15) is 0 Å². The second-order valence-electron chi connectivity index (χ2n) is 4.50. The molecule has 0 aliphatic heterocycles. The van der Waals surface area contributed by atoms with Gasteiger partial charge in [-0.3, -0.25) is 4.72 Å². The second-order valence-corrected chi connectivity index (χ2v) is 8.46. The van der Waals surface area contributed by atoms with Gasteiger partial charge in [-0.25, -0.2) is 13.4 Å². The molecule has 4 nitrogen and oxygen atoms in total. The summed E-state index contributed by atoms with van der Waals surface area (Å²) in [4.78, 5) is 4.60. The summed E-state index contributed by atoms with van der Waals surface area (Å²) in [5, 5.41) is 0.387. The average Bonchev–Trinajstić information content (AvgIpc) is 2.82. The van der Waals surface area contributed by atoms with E-state index in [-0.39, 0.29) is 4.90 Å². The molecule has 0 bridgehead atoms. The normalized spacial score (nSPS) is 11.7. The summed E-state index contributed by atoms with van der Waals surface area (Å²) in [7, 11) is -3.60. The van der Waals surface area contributed by atoms with Crippen molar-refractivity contribution in [1.82, 2.24) is 4.98 Å². The zero-order valence-corrected chi connectivity index (χ0v) is 14.8. The number of rotatable bonds is 3. The van der Waals surface area contributed by atoms with Gasteiger partial charge in [0.05, 0.1) is 15.1 Å². The SMILES string of the molecule is Cc1cccc2sc(NS(=O)(=O)c3ccc(I)cc3)nc12. The van der Waals surface area contributed by atoms with E-state index in [9.17, 15) is 8.42 Å². The summed E-state index contributed by atoms with van der Waals surface area (Å²) in [6.07, 6.45) is 0. The van der Waals surface area contributed by atoms with Gasteiger partial charge < -0.3 is 0 Å². The lowest BCUT2D eigenvalue weighted by atomic mass is 10.2. The van der Waals surface area contributed by atoms with Crippen molar-refractivity contribution in [2.24, 2.45) is 0 Å². The number of halogens is 1. The van der Waals surface area contributed by atoms with Crippen LogP contribution in [0.5, 0.6) is 0 Å². The molecule has 0 atom stereocenters. The Morgan fingerprint density at radius 2 is 1.86 bits per heavy atom. The molecule has 0 aliphatic carbocycles. The maximum atomic E-state index is 12.3. The summed E-state index contributed by atoms with van der Waals surface area (Å²) >= 11 is 3.47. The minimum absolute atomic E-state index is 0.235. The van der Waals surface area contributed by atoms with E-state index in [1.807, 2.05) is 25.1 Å². The molecule has 21 heavy (non-hydrogen) atoms. The lowest BCUT2D eigenvalue weighted by molar-refractivity contribution is 0.601. The first-order valence-corrected chi connectivity index (χ1v) is 9.48. The van der Waals surface area contributed by atoms with Gasteiger partial charge in [0.1, 0.15) is 0 Å². The monoisotopic (exact) mass is 430 g/mol. The van der Waals surface area contributed by atoms with Crippen molar-refractivity contribution in [3.63, 3.8) is 0 Å². The Morgan fingerprint density at radius 3 is 2.52 bits per heavy atom. The topological polar surface area (TPSA) is 59.1 Å². The van der Waals surface area contributed by atoms with Crippen LogP contribution in [0.4, 0.5) is 5.13 Å². The first kappa shape index (κ1) is 14.7. The summed E-state index contributed by atoms with van der Waals surface area (Å²) in [6, 6.07) is 12.5. The van der Waals surface area contributed by atoms with Crippen molar-refractivity contribution in [2.45, 2.75) is 11.8 Å². The third kappa shape index (κ3) is 3.04. The lowest BCUT2D eigenvalue weighted by Crippen LogP contribution is -2.12. The standard InChI is InChI=1S/C14H11IN2O2S2/c1-9-3-2-4-12-13(9)16-14(20-12)17-21(18,19)11-7-5-10(15)6-8-11/h2-8H,1H3,(H,16,17). The van der Waals surface area contributed by atoms with Crippen molar-refractivity contribution in [3.05, 3.63) is 51.6 Å². The van der Waals surface area contributed by atoms with E-state index < -0.39 is 10.0 Å². The molecule has 0 aliphatic rings. The van der Waals surface area contributed by atoms with Crippen LogP contribution in [0, 0.1) is 10.5 Å². The number of anilines is 1. The van der Waals surface area contributed by atoms with Crippen molar-refractivity contribution >= 4 is 59.3 Å². The van der Waals surface area contributed by atoms with Gasteiger partial charge in [0.25, 0.3) is 10.0 Å². The number of sulfonamides is 1. The van der Waals surface area contributed by atoms with Crippen LogP contribution in [0.25, 0.3) is 10.2 Å². The summed E-state index contributed by atoms with van der Waals surface area (Å²) in [5.74, 6) is 0. The fourth-order valence-corrected chi connectivity index (χ4v) is 4.46. The fraction of sp³-hybridized carbons (Fsp3) is 0.0714. The number of thiazole rings is 1. The number of benzene rings is 2. The molecule has 2 aromatic carbocycles. The van der Waals surface area contributed by atoms with Gasteiger partial charge in [-0.1, -0.05) is 23.5 Å². The summed E-state index contributed by atoms with van der Waals surface area (Å²) < 4.78 is 29.2. The van der Waals surface area contributed by atoms with E-state index in [2.05, 4.69) is 32.3 Å². The fourth-order valence-electron chi connectivity index (χ4n) is 1.92. The van der Waals surface area contributed by atoms with Crippen molar-refractivity contribution in [2.75, 3.05) is 4.72 Å². The van der Waals surface area contributed by atoms with Crippen LogP contribution >= 0.6 is 33.9 Å². The number of nitrogens with zero attached hydrogens (tertiary/aromatic N) is 1. The third-order valence-corrected chi connectivity index (χ3v) is 6.11. The number of para-hydroxylation sites is 1. The van der Waals surface area contributed by atoms with Gasteiger partial charge in [0.2, 0.25) is 0 Å². The number of aryl methyl sites for hydroxylation is 1. The summed E-state index contributed by atoms with van der Waals surface area (Å²) in [5.41, 5.74) is 1.87. The first-order chi connectivity index (χ1) is 9.95. The predicted molar refractivity (Wildman–Crippen MR) is 94.3 cm³/mol. The van der Waals surface area contributed by atoms with Gasteiger partial charge in [0, 0.05) is 3.57 Å². The highest BCUT2D eigenvalue weighted by Gasteiger charge is 2.16. The molecule has 108 valence electrons. The van der Waals surface area contributed by atoms with E-state index >= 15 is 0 Å². The molecule has 0 fully saturated rings. The molecule has 0 saturated heterocycles. The third-order valence-electron chi connectivity index (χ3n) is 2.97. The molecule has 0 spiro atoms. The first-order valence-electron chi connectivity index (χ1n) is 6.10. The van der Waals surface area contributed by atoms with Gasteiger partial charge in [0.15, 0.2) is 5.13 Å². The lowest BCUT2D eigenvalue weighted by Gasteiger charge is -2.04.